The van der Waals surface area contributed by atoms with E-state index in [9.17, 15) is 39.5 Å². The number of halogens is 9. The Bertz CT molecular complexity index is 1660. The zero-order chi connectivity index (χ0) is 27.5. The molecule has 0 atom stereocenters. The van der Waals surface area contributed by atoms with Crippen LogP contribution in [0.3, 0.4) is 0 Å². The van der Waals surface area contributed by atoms with E-state index >= 15 is 0 Å². The normalized spacial score (nSPS) is 12.5. The summed E-state index contributed by atoms with van der Waals surface area (Å²) >= 11 is 1.22. The number of ether oxygens (including phenoxy) is 1. The number of benzene rings is 3. The predicted molar refractivity (Wildman–Crippen MR) is 121 cm³/mol. The minimum absolute atomic E-state index is 0. The standard InChI is InChI=1S/C25H10F9N2OS.Ir/c26-23(27,28)14-10-17(24(29,30)31)20(25(32,33)34)18(11-14)37-22-16-9-13-5-2-1-4-12(13)8-15(16)21(35-36-22)19-6-3-7-38-19;/h1-5,7-11H;/q-1;. The maximum Gasteiger partial charge on any atom is 0.420 e. The van der Waals surface area contributed by atoms with E-state index in [1.807, 2.05) is 0 Å². The van der Waals surface area contributed by atoms with Gasteiger partial charge in [0.05, 0.1) is 11.1 Å². The summed E-state index contributed by atoms with van der Waals surface area (Å²) < 4.78 is 128. The molecular weight excluding hydrogens is 740 g/mol. The molecule has 5 aromatic rings. The van der Waals surface area contributed by atoms with Gasteiger partial charge >= 0.3 is 18.5 Å². The molecule has 39 heavy (non-hydrogen) atoms. The molecule has 0 amide bonds. The van der Waals surface area contributed by atoms with Crippen LogP contribution in [0.5, 0.6) is 11.6 Å². The number of alkyl halides is 9. The van der Waals surface area contributed by atoms with Crippen molar-refractivity contribution in [3.8, 4) is 22.2 Å². The summed E-state index contributed by atoms with van der Waals surface area (Å²) in [7, 11) is 0. The van der Waals surface area contributed by atoms with Crippen LogP contribution < -0.4 is 4.74 Å². The van der Waals surface area contributed by atoms with Gasteiger partial charge in [-0.1, -0.05) is 35.2 Å². The van der Waals surface area contributed by atoms with Crippen molar-refractivity contribution < 1.29 is 64.4 Å². The van der Waals surface area contributed by atoms with Gasteiger partial charge in [-0.2, -0.15) is 51.6 Å². The first-order chi connectivity index (χ1) is 17.7. The van der Waals surface area contributed by atoms with Gasteiger partial charge in [-0.15, -0.1) is 10.5 Å². The minimum atomic E-state index is -5.77. The van der Waals surface area contributed by atoms with Crippen molar-refractivity contribution in [1.82, 2.24) is 10.2 Å². The van der Waals surface area contributed by atoms with E-state index in [1.165, 1.54) is 17.4 Å². The summed E-state index contributed by atoms with van der Waals surface area (Å²) in [5.74, 6) is -2.41. The first-order valence-corrected chi connectivity index (χ1v) is 11.3. The number of thiophene rings is 1. The molecule has 0 saturated heterocycles. The summed E-state index contributed by atoms with van der Waals surface area (Å²) in [5.41, 5.74) is -6.67. The molecule has 0 aliphatic carbocycles. The van der Waals surface area contributed by atoms with Crippen LogP contribution in [0.15, 0.2) is 60.0 Å². The Balaban J connectivity index is 0.00000353. The molecule has 3 nitrogen and oxygen atoms in total. The van der Waals surface area contributed by atoms with E-state index in [0.29, 0.717) is 21.0 Å². The summed E-state index contributed by atoms with van der Waals surface area (Å²) in [6.07, 6.45) is -16.9. The topological polar surface area (TPSA) is 35.0 Å². The molecular formula is C25H10F9IrN2OS-. The molecule has 0 saturated carbocycles. The number of aromatic nitrogens is 2. The summed E-state index contributed by atoms with van der Waals surface area (Å²) in [4.78, 5) is 0.499. The largest absolute Gasteiger partial charge is 0.436 e. The van der Waals surface area contributed by atoms with Gasteiger partial charge in [-0.05, 0) is 34.4 Å². The molecule has 5 rings (SSSR count). The van der Waals surface area contributed by atoms with Crippen molar-refractivity contribution in [3.05, 3.63) is 82.7 Å². The van der Waals surface area contributed by atoms with Gasteiger partial charge in [0.2, 0.25) is 5.88 Å². The predicted octanol–water partition coefficient (Wildman–Crippen LogP) is 9.16. The van der Waals surface area contributed by atoms with Crippen molar-refractivity contribution in [2.45, 2.75) is 18.5 Å². The Morgan fingerprint density at radius 1 is 0.744 bits per heavy atom. The molecule has 0 N–H and O–H groups in total. The Morgan fingerprint density at radius 3 is 1.92 bits per heavy atom. The van der Waals surface area contributed by atoms with Gasteiger partial charge in [-0.3, -0.25) is 0 Å². The molecule has 0 aliphatic heterocycles. The molecule has 0 spiro atoms. The smallest absolute Gasteiger partial charge is 0.420 e. The second-order valence-corrected chi connectivity index (χ2v) is 8.90. The number of rotatable bonds is 3. The monoisotopic (exact) mass is 750 g/mol. The molecule has 14 heteroatoms. The minimum Gasteiger partial charge on any atom is -0.436 e. The van der Waals surface area contributed by atoms with Crippen LogP contribution in [0, 0.1) is 6.07 Å². The maximum absolute atomic E-state index is 13.8. The summed E-state index contributed by atoms with van der Waals surface area (Å²) in [6.45, 7) is 0. The Kier molecular flexibility index (Phi) is 7.43. The zero-order valence-corrected chi connectivity index (χ0v) is 21.9. The third kappa shape index (κ3) is 5.59. The quantitative estimate of drug-likeness (QED) is 0.105. The molecule has 205 valence electrons. The third-order valence-electron chi connectivity index (χ3n) is 5.52. The molecule has 1 radical (unpaired) electrons. The van der Waals surface area contributed by atoms with Gasteiger partial charge in [0, 0.05) is 31.2 Å². The second-order valence-electron chi connectivity index (χ2n) is 7.99. The van der Waals surface area contributed by atoms with Crippen LogP contribution in [-0.4, -0.2) is 10.2 Å². The van der Waals surface area contributed by atoms with E-state index < -0.39 is 52.9 Å². The Labute approximate surface area is 230 Å². The van der Waals surface area contributed by atoms with E-state index in [4.69, 9.17) is 4.74 Å². The fraction of sp³-hybridized carbons (Fsp3) is 0.120. The van der Waals surface area contributed by atoms with E-state index in [-0.39, 0.29) is 37.3 Å². The number of fused-ring (bicyclic) bond motifs is 2. The van der Waals surface area contributed by atoms with E-state index in [2.05, 4.69) is 16.3 Å². The molecule has 0 unspecified atom stereocenters. The average Bonchev–Trinajstić information content (AvgIpc) is 3.35. The molecule has 2 heterocycles. The fourth-order valence-corrected chi connectivity index (χ4v) is 4.58. The molecule has 0 aliphatic rings. The first-order valence-electron chi connectivity index (χ1n) is 10.5. The Hall–Kier alpha value is -3.22. The van der Waals surface area contributed by atoms with Crippen molar-refractivity contribution in [3.63, 3.8) is 0 Å². The van der Waals surface area contributed by atoms with Gasteiger partial charge < -0.3 is 4.74 Å². The zero-order valence-electron chi connectivity index (χ0n) is 18.7. The van der Waals surface area contributed by atoms with Crippen LogP contribution in [0.25, 0.3) is 32.1 Å². The van der Waals surface area contributed by atoms with Crippen molar-refractivity contribution in [2.24, 2.45) is 0 Å². The van der Waals surface area contributed by atoms with Gasteiger partial charge in [-0.25, -0.2) is 16.4 Å². The van der Waals surface area contributed by atoms with Crippen molar-refractivity contribution in [2.75, 3.05) is 0 Å². The van der Waals surface area contributed by atoms with Crippen molar-refractivity contribution >= 4 is 32.9 Å². The number of nitrogens with zero attached hydrogens (tertiary/aromatic N) is 2. The first kappa shape index (κ1) is 28.8. The maximum atomic E-state index is 13.8. The fourth-order valence-electron chi connectivity index (χ4n) is 3.91. The van der Waals surface area contributed by atoms with Crippen LogP contribution >= 0.6 is 11.3 Å². The second kappa shape index (κ2) is 10.1. The molecule has 0 bridgehead atoms. The Morgan fingerprint density at radius 2 is 1.38 bits per heavy atom. The summed E-state index contributed by atoms with van der Waals surface area (Å²) in [5, 5.41) is 11.0. The molecule has 2 aromatic heterocycles. The van der Waals surface area contributed by atoms with Crippen LogP contribution in [0.4, 0.5) is 39.5 Å². The summed E-state index contributed by atoms with van der Waals surface area (Å²) in [6, 6.07) is 13.6. The van der Waals surface area contributed by atoms with Crippen molar-refractivity contribution in [1.29, 1.82) is 0 Å². The average molecular weight is 750 g/mol. The van der Waals surface area contributed by atoms with Gasteiger partial charge in [0.1, 0.15) is 11.3 Å². The van der Waals surface area contributed by atoms with E-state index in [1.54, 1.807) is 41.8 Å². The number of hydrogen-bond donors (Lipinski definition) is 0. The third-order valence-corrected chi connectivity index (χ3v) is 6.34. The van der Waals surface area contributed by atoms with Crippen LogP contribution in [0.2, 0.25) is 0 Å². The SMILES string of the molecule is FC(F)(F)c1cc(Oc2nnc(-c3[c-]ccs3)c3cc4ccccc4cc23)c(C(F)(F)F)c(C(F)(F)F)c1.[Ir]. The van der Waals surface area contributed by atoms with Gasteiger partial charge in [0.25, 0.3) is 0 Å². The van der Waals surface area contributed by atoms with Crippen LogP contribution in [-0.2, 0) is 38.6 Å². The molecule has 0 fully saturated rings. The van der Waals surface area contributed by atoms with Gasteiger partial charge in [0.15, 0.2) is 0 Å². The van der Waals surface area contributed by atoms with Crippen LogP contribution in [0.1, 0.15) is 16.7 Å². The number of hydrogen-bond acceptors (Lipinski definition) is 4. The van der Waals surface area contributed by atoms with E-state index in [0.717, 1.165) is 0 Å². The molecule has 3 aromatic carbocycles.